The SMILES string of the molecule is C[C@@H](OC(=O)c1ccc(-c2ccc(O)cc2)cc1)C(=O)Nc1ccc(Cl)cn1. The molecule has 0 saturated carbocycles. The Labute approximate surface area is 166 Å². The van der Waals surface area contributed by atoms with E-state index in [2.05, 4.69) is 10.3 Å². The van der Waals surface area contributed by atoms with E-state index in [1.165, 1.54) is 13.1 Å². The van der Waals surface area contributed by atoms with Crippen LogP contribution in [0, 0.1) is 0 Å². The van der Waals surface area contributed by atoms with Crippen molar-refractivity contribution in [3.05, 3.63) is 77.4 Å². The van der Waals surface area contributed by atoms with Gasteiger partial charge in [0.25, 0.3) is 5.91 Å². The Hall–Kier alpha value is -3.38. The number of aromatic hydroxyl groups is 1. The molecule has 142 valence electrons. The molecule has 0 fully saturated rings. The summed E-state index contributed by atoms with van der Waals surface area (Å²) >= 11 is 5.75. The summed E-state index contributed by atoms with van der Waals surface area (Å²) in [6, 6.07) is 16.7. The van der Waals surface area contributed by atoms with Gasteiger partial charge in [-0.15, -0.1) is 0 Å². The van der Waals surface area contributed by atoms with Crippen LogP contribution in [-0.2, 0) is 9.53 Å². The highest BCUT2D eigenvalue weighted by Crippen LogP contribution is 2.22. The third kappa shape index (κ3) is 4.86. The van der Waals surface area contributed by atoms with Crippen molar-refractivity contribution in [1.29, 1.82) is 0 Å². The third-order valence-electron chi connectivity index (χ3n) is 3.95. The van der Waals surface area contributed by atoms with Gasteiger partial charge in [0, 0.05) is 6.20 Å². The average Bonchev–Trinajstić information content (AvgIpc) is 2.70. The number of halogens is 1. The van der Waals surface area contributed by atoms with E-state index in [1.807, 2.05) is 0 Å². The fraction of sp³-hybridized carbons (Fsp3) is 0.0952. The molecule has 3 aromatic rings. The summed E-state index contributed by atoms with van der Waals surface area (Å²) in [6.07, 6.45) is 0.408. The highest BCUT2D eigenvalue weighted by molar-refractivity contribution is 6.30. The molecule has 0 bridgehead atoms. The maximum atomic E-state index is 12.3. The standard InChI is InChI=1S/C21H17ClN2O4/c1-13(20(26)24-19-11-8-17(22)12-23-19)28-21(27)16-4-2-14(3-5-16)15-6-9-18(25)10-7-15/h2-13,25H,1H3,(H,23,24,26)/t13-/m1/s1. The van der Waals surface area contributed by atoms with Crippen LogP contribution in [0.4, 0.5) is 5.82 Å². The van der Waals surface area contributed by atoms with Crippen molar-refractivity contribution >= 4 is 29.3 Å². The van der Waals surface area contributed by atoms with Gasteiger partial charge in [-0.05, 0) is 54.4 Å². The predicted octanol–water partition coefficient (Wildman–Crippen LogP) is 4.29. The minimum absolute atomic E-state index is 0.185. The number of amides is 1. The molecule has 28 heavy (non-hydrogen) atoms. The number of aromatic nitrogens is 1. The predicted molar refractivity (Wildman–Crippen MR) is 106 cm³/mol. The van der Waals surface area contributed by atoms with Gasteiger partial charge in [-0.1, -0.05) is 35.9 Å². The first-order chi connectivity index (χ1) is 13.4. The van der Waals surface area contributed by atoms with E-state index in [0.717, 1.165) is 11.1 Å². The van der Waals surface area contributed by atoms with Gasteiger partial charge in [-0.2, -0.15) is 0 Å². The van der Waals surface area contributed by atoms with Crippen LogP contribution in [0.15, 0.2) is 66.9 Å². The average molecular weight is 397 g/mol. The minimum atomic E-state index is -0.998. The van der Waals surface area contributed by atoms with Crippen LogP contribution < -0.4 is 5.32 Å². The molecule has 0 aliphatic carbocycles. The molecule has 1 aromatic heterocycles. The number of carbonyl (C=O) groups excluding carboxylic acids is 2. The Morgan fingerprint density at radius 1 is 1.00 bits per heavy atom. The first-order valence-electron chi connectivity index (χ1n) is 8.45. The minimum Gasteiger partial charge on any atom is -0.508 e. The number of esters is 1. The van der Waals surface area contributed by atoms with Crippen molar-refractivity contribution in [2.24, 2.45) is 0 Å². The molecule has 6 nitrogen and oxygen atoms in total. The van der Waals surface area contributed by atoms with Crippen molar-refractivity contribution in [3.63, 3.8) is 0 Å². The molecule has 3 rings (SSSR count). The van der Waals surface area contributed by atoms with Gasteiger partial charge in [-0.3, -0.25) is 4.79 Å². The number of nitrogens with zero attached hydrogens (tertiary/aromatic N) is 1. The monoisotopic (exact) mass is 396 g/mol. The van der Waals surface area contributed by atoms with Crippen LogP contribution in [0.1, 0.15) is 17.3 Å². The van der Waals surface area contributed by atoms with E-state index in [0.29, 0.717) is 16.4 Å². The highest BCUT2D eigenvalue weighted by Gasteiger charge is 2.19. The second-order valence-electron chi connectivity index (χ2n) is 6.02. The zero-order valence-corrected chi connectivity index (χ0v) is 15.7. The largest absolute Gasteiger partial charge is 0.508 e. The number of phenols is 1. The molecule has 1 heterocycles. The van der Waals surface area contributed by atoms with Gasteiger partial charge in [0.1, 0.15) is 11.6 Å². The van der Waals surface area contributed by atoms with Crippen LogP contribution in [0.2, 0.25) is 5.02 Å². The molecular formula is C21H17ClN2O4. The summed E-state index contributed by atoms with van der Waals surface area (Å²) in [4.78, 5) is 28.4. The van der Waals surface area contributed by atoms with E-state index in [4.69, 9.17) is 16.3 Å². The maximum Gasteiger partial charge on any atom is 0.338 e. The molecule has 0 saturated heterocycles. The number of ether oxygens (including phenoxy) is 1. The van der Waals surface area contributed by atoms with Gasteiger partial charge in [0.05, 0.1) is 10.6 Å². The van der Waals surface area contributed by atoms with Crippen molar-refractivity contribution in [3.8, 4) is 16.9 Å². The number of carbonyl (C=O) groups is 2. The normalized spacial score (nSPS) is 11.5. The second-order valence-corrected chi connectivity index (χ2v) is 6.46. The highest BCUT2D eigenvalue weighted by atomic mass is 35.5. The Bertz CT molecular complexity index is 971. The molecule has 7 heteroatoms. The van der Waals surface area contributed by atoms with Crippen LogP contribution >= 0.6 is 11.6 Å². The van der Waals surface area contributed by atoms with Gasteiger partial charge in [-0.25, -0.2) is 9.78 Å². The zero-order valence-electron chi connectivity index (χ0n) is 14.9. The summed E-state index contributed by atoms with van der Waals surface area (Å²) in [5.74, 6) is -0.603. The first-order valence-corrected chi connectivity index (χ1v) is 8.83. The maximum absolute atomic E-state index is 12.3. The van der Waals surface area contributed by atoms with Gasteiger partial charge in [0.15, 0.2) is 6.10 Å². The van der Waals surface area contributed by atoms with Crippen LogP contribution in [-0.4, -0.2) is 28.1 Å². The van der Waals surface area contributed by atoms with E-state index < -0.39 is 18.0 Å². The van der Waals surface area contributed by atoms with E-state index >= 15 is 0 Å². The summed E-state index contributed by atoms with van der Waals surface area (Å²) in [6.45, 7) is 1.48. The van der Waals surface area contributed by atoms with E-state index in [-0.39, 0.29) is 5.75 Å². The van der Waals surface area contributed by atoms with Crippen molar-refractivity contribution in [1.82, 2.24) is 4.98 Å². The van der Waals surface area contributed by atoms with Crippen molar-refractivity contribution in [2.45, 2.75) is 13.0 Å². The lowest BCUT2D eigenvalue weighted by Gasteiger charge is -2.13. The molecule has 0 spiro atoms. The summed E-state index contributed by atoms with van der Waals surface area (Å²) in [5, 5.41) is 12.4. The number of anilines is 1. The summed E-state index contributed by atoms with van der Waals surface area (Å²) in [7, 11) is 0. The van der Waals surface area contributed by atoms with Crippen LogP contribution in [0.3, 0.4) is 0 Å². The fourth-order valence-electron chi connectivity index (χ4n) is 2.41. The second kappa shape index (κ2) is 8.54. The summed E-state index contributed by atoms with van der Waals surface area (Å²) in [5.41, 5.74) is 2.11. The summed E-state index contributed by atoms with van der Waals surface area (Å²) < 4.78 is 5.22. The Morgan fingerprint density at radius 2 is 1.61 bits per heavy atom. The van der Waals surface area contributed by atoms with Crippen LogP contribution in [0.25, 0.3) is 11.1 Å². The van der Waals surface area contributed by atoms with Gasteiger partial charge < -0.3 is 15.2 Å². The quantitative estimate of drug-likeness (QED) is 0.628. The number of hydrogen-bond donors (Lipinski definition) is 2. The Balaban J connectivity index is 1.61. The Kier molecular flexibility index (Phi) is 5.91. The smallest absolute Gasteiger partial charge is 0.338 e. The van der Waals surface area contributed by atoms with Gasteiger partial charge >= 0.3 is 5.97 Å². The zero-order chi connectivity index (χ0) is 20.1. The lowest BCUT2D eigenvalue weighted by atomic mass is 10.0. The first kappa shape index (κ1) is 19.4. The molecule has 1 amide bonds. The number of phenolic OH excluding ortho intramolecular Hbond substituents is 1. The van der Waals surface area contributed by atoms with E-state index in [9.17, 15) is 14.7 Å². The van der Waals surface area contributed by atoms with Crippen molar-refractivity contribution < 1.29 is 19.4 Å². The molecular weight excluding hydrogens is 380 g/mol. The number of nitrogens with one attached hydrogen (secondary N) is 1. The Morgan fingerprint density at radius 3 is 2.18 bits per heavy atom. The fourth-order valence-corrected chi connectivity index (χ4v) is 2.52. The number of benzene rings is 2. The molecule has 0 aliphatic rings. The van der Waals surface area contributed by atoms with Gasteiger partial charge in [0.2, 0.25) is 0 Å². The topological polar surface area (TPSA) is 88.5 Å². The molecule has 0 radical (unpaired) electrons. The van der Waals surface area contributed by atoms with E-state index in [1.54, 1.807) is 60.7 Å². The number of rotatable bonds is 5. The molecule has 1 atom stereocenters. The van der Waals surface area contributed by atoms with Crippen LogP contribution in [0.5, 0.6) is 5.75 Å². The number of pyridine rings is 1. The third-order valence-corrected chi connectivity index (χ3v) is 4.18. The molecule has 2 N–H and O–H groups in total. The molecule has 0 unspecified atom stereocenters. The molecule has 2 aromatic carbocycles. The van der Waals surface area contributed by atoms with Crippen molar-refractivity contribution in [2.75, 3.05) is 5.32 Å². The lowest BCUT2D eigenvalue weighted by molar-refractivity contribution is -0.123. The molecule has 0 aliphatic heterocycles. The number of hydrogen-bond acceptors (Lipinski definition) is 5. The lowest BCUT2D eigenvalue weighted by Crippen LogP contribution is -2.30.